The van der Waals surface area contributed by atoms with Crippen LogP contribution in [-0.2, 0) is 0 Å². The summed E-state index contributed by atoms with van der Waals surface area (Å²) in [5, 5.41) is 10.1. The maximum atomic E-state index is 10.1. The molecule has 0 aliphatic carbocycles. The Morgan fingerprint density at radius 2 is 2.56 bits per heavy atom. The van der Waals surface area contributed by atoms with Crippen LogP contribution in [0.1, 0.15) is 0 Å². The molecule has 0 atom stereocenters. The number of nitrogens with zero attached hydrogens (tertiary/aromatic N) is 2. The van der Waals surface area contributed by atoms with Crippen molar-refractivity contribution in [2.75, 3.05) is 13.6 Å². The molecular weight excluding hydrogens is 120 g/mol. The van der Waals surface area contributed by atoms with E-state index in [4.69, 9.17) is 0 Å². The molecule has 1 aliphatic rings. The number of hydrogen-bond donors (Lipinski definition) is 0. The summed E-state index contributed by atoms with van der Waals surface area (Å²) < 4.78 is 0. The van der Waals surface area contributed by atoms with Gasteiger partial charge in [-0.2, -0.15) is 0 Å². The molecule has 0 amide bonds. The van der Waals surface area contributed by atoms with Gasteiger partial charge in [-0.1, -0.05) is 0 Å². The summed E-state index contributed by atoms with van der Waals surface area (Å²) in [6, 6.07) is 0. The zero-order valence-corrected chi connectivity index (χ0v) is 5.07. The molecule has 1 radical (unpaired) electrons. The summed E-state index contributed by atoms with van der Waals surface area (Å²) in [6.07, 6.45) is 3.28. The van der Waals surface area contributed by atoms with E-state index in [0.29, 0.717) is 6.54 Å². The first-order valence-electron chi connectivity index (χ1n) is 2.61. The zero-order valence-electron chi connectivity index (χ0n) is 5.07. The number of hydrogen-bond acceptors (Lipinski definition) is 3. The first kappa shape index (κ1) is 6.07. The predicted octanol–water partition coefficient (Wildman–Crippen LogP) is 0.254. The Balaban J connectivity index is 2.68. The van der Waals surface area contributed by atoms with Gasteiger partial charge >= 0.3 is 5.82 Å². The van der Waals surface area contributed by atoms with Gasteiger partial charge in [-0.05, 0) is 4.92 Å². The van der Waals surface area contributed by atoms with Crippen LogP contribution in [0, 0.1) is 16.5 Å². The third-order valence-electron chi connectivity index (χ3n) is 1.22. The third-order valence-corrected chi connectivity index (χ3v) is 1.22. The first-order chi connectivity index (χ1) is 4.22. The highest BCUT2D eigenvalue weighted by Gasteiger charge is 2.20. The van der Waals surface area contributed by atoms with Gasteiger partial charge in [0.1, 0.15) is 0 Å². The highest BCUT2D eigenvalue weighted by Crippen LogP contribution is 2.10. The number of nitro groups is 1. The molecule has 49 valence electrons. The van der Waals surface area contributed by atoms with Crippen LogP contribution >= 0.6 is 0 Å². The van der Waals surface area contributed by atoms with Crippen LogP contribution in [0.25, 0.3) is 0 Å². The molecule has 4 nitrogen and oxygen atoms in total. The van der Waals surface area contributed by atoms with Crippen molar-refractivity contribution >= 4 is 0 Å². The summed E-state index contributed by atoms with van der Waals surface area (Å²) >= 11 is 0. The maximum absolute atomic E-state index is 10.1. The van der Waals surface area contributed by atoms with E-state index in [-0.39, 0.29) is 10.7 Å². The van der Waals surface area contributed by atoms with E-state index in [2.05, 4.69) is 0 Å². The Hall–Kier alpha value is -1.06. The van der Waals surface area contributed by atoms with Crippen molar-refractivity contribution in [2.45, 2.75) is 0 Å². The van der Waals surface area contributed by atoms with E-state index in [1.54, 1.807) is 18.4 Å². The van der Waals surface area contributed by atoms with Crippen LogP contribution in [-0.4, -0.2) is 23.4 Å². The predicted molar refractivity (Wildman–Crippen MR) is 32.0 cm³/mol. The molecule has 0 aromatic rings. The van der Waals surface area contributed by atoms with Crippen LogP contribution in [0.15, 0.2) is 11.9 Å². The third kappa shape index (κ3) is 1.01. The molecule has 1 heterocycles. The lowest BCUT2D eigenvalue weighted by Crippen LogP contribution is -2.18. The Labute approximate surface area is 52.9 Å². The fourth-order valence-electron chi connectivity index (χ4n) is 0.737. The molecule has 0 bridgehead atoms. The van der Waals surface area contributed by atoms with Crippen molar-refractivity contribution < 1.29 is 4.92 Å². The van der Waals surface area contributed by atoms with Gasteiger partial charge in [-0.15, -0.1) is 0 Å². The Morgan fingerprint density at radius 3 is 2.78 bits per heavy atom. The minimum atomic E-state index is -0.385. The molecule has 0 fully saturated rings. The summed E-state index contributed by atoms with van der Waals surface area (Å²) in [4.78, 5) is 11.3. The van der Waals surface area contributed by atoms with Crippen molar-refractivity contribution in [3.63, 3.8) is 0 Å². The highest BCUT2D eigenvalue weighted by molar-refractivity contribution is 5.08. The monoisotopic (exact) mass is 127 g/mol. The van der Waals surface area contributed by atoms with Crippen LogP contribution in [0.2, 0.25) is 0 Å². The zero-order chi connectivity index (χ0) is 6.85. The Kier molecular flexibility index (Phi) is 1.38. The molecule has 0 aromatic heterocycles. The number of rotatable bonds is 1. The fourth-order valence-corrected chi connectivity index (χ4v) is 0.737. The minimum Gasteiger partial charge on any atom is -0.358 e. The van der Waals surface area contributed by atoms with Crippen LogP contribution < -0.4 is 0 Å². The molecule has 1 aliphatic heterocycles. The second kappa shape index (κ2) is 2.05. The summed E-state index contributed by atoms with van der Waals surface area (Å²) in [5.74, 6) is 0.176. The highest BCUT2D eigenvalue weighted by atomic mass is 16.6. The Morgan fingerprint density at radius 1 is 1.89 bits per heavy atom. The van der Waals surface area contributed by atoms with Crippen LogP contribution in [0.4, 0.5) is 0 Å². The van der Waals surface area contributed by atoms with E-state index >= 15 is 0 Å². The van der Waals surface area contributed by atoms with Crippen molar-refractivity contribution in [1.82, 2.24) is 4.90 Å². The molecular formula is C5H7N2O2. The lowest BCUT2D eigenvalue weighted by atomic mass is 10.5. The van der Waals surface area contributed by atoms with Crippen molar-refractivity contribution in [1.29, 1.82) is 0 Å². The molecule has 0 unspecified atom stereocenters. The van der Waals surface area contributed by atoms with Gasteiger partial charge in [0, 0.05) is 12.5 Å². The molecule has 0 aromatic carbocycles. The molecule has 0 spiro atoms. The lowest BCUT2D eigenvalue weighted by Gasteiger charge is -2.05. The molecule has 1 rings (SSSR count). The van der Waals surface area contributed by atoms with Gasteiger partial charge in [0.2, 0.25) is 0 Å². The summed E-state index contributed by atoms with van der Waals surface area (Å²) in [7, 11) is 1.69. The van der Waals surface area contributed by atoms with Gasteiger partial charge in [0.25, 0.3) is 0 Å². The fraction of sp³-hybridized carbons (Fsp3) is 0.400. The second-order valence-corrected chi connectivity index (χ2v) is 1.90. The average Bonchev–Trinajstić information content (AvgIpc) is 2.13. The Bertz CT molecular complexity index is 164. The summed E-state index contributed by atoms with van der Waals surface area (Å²) in [5.41, 5.74) is 0. The molecule has 0 N–H and O–H groups in total. The van der Waals surface area contributed by atoms with Gasteiger partial charge in [-0.25, -0.2) is 0 Å². The molecule has 0 saturated heterocycles. The lowest BCUT2D eigenvalue weighted by molar-refractivity contribution is -0.443. The molecule has 9 heavy (non-hydrogen) atoms. The van der Waals surface area contributed by atoms with Crippen LogP contribution in [0.3, 0.4) is 0 Å². The van der Waals surface area contributed by atoms with Gasteiger partial charge in [0.05, 0.1) is 13.6 Å². The normalized spacial score (nSPS) is 17.9. The molecule has 0 saturated carbocycles. The maximum Gasteiger partial charge on any atom is 0.314 e. The minimum absolute atomic E-state index is 0.176. The standard InChI is InChI=1S/C5H7N2O2/c1-6-4-2-3-5(6)7(8)9/h2-3H,4H2,1H3. The summed E-state index contributed by atoms with van der Waals surface area (Å²) in [6.45, 7) is 0.649. The van der Waals surface area contributed by atoms with Crippen molar-refractivity contribution in [3.05, 3.63) is 28.4 Å². The SMILES string of the molecule is CN1C[CH]C=C1[N+](=O)[O-]. The van der Waals surface area contributed by atoms with Gasteiger partial charge in [0.15, 0.2) is 0 Å². The van der Waals surface area contributed by atoms with E-state index in [1.807, 2.05) is 0 Å². The van der Waals surface area contributed by atoms with Gasteiger partial charge in [-0.3, -0.25) is 4.90 Å². The quantitative estimate of drug-likeness (QED) is 0.375. The van der Waals surface area contributed by atoms with E-state index in [0.717, 1.165) is 0 Å². The van der Waals surface area contributed by atoms with Gasteiger partial charge < -0.3 is 10.1 Å². The smallest absolute Gasteiger partial charge is 0.314 e. The van der Waals surface area contributed by atoms with E-state index in [9.17, 15) is 10.1 Å². The van der Waals surface area contributed by atoms with Crippen LogP contribution in [0.5, 0.6) is 0 Å². The van der Waals surface area contributed by atoms with Crippen molar-refractivity contribution in [3.8, 4) is 0 Å². The van der Waals surface area contributed by atoms with Crippen molar-refractivity contribution in [2.24, 2.45) is 0 Å². The first-order valence-corrected chi connectivity index (χ1v) is 2.61. The largest absolute Gasteiger partial charge is 0.358 e. The van der Waals surface area contributed by atoms with E-state index in [1.165, 1.54) is 6.08 Å². The molecule has 4 heteroatoms. The average molecular weight is 127 g/mol. The van der Waals surface area contributed by atoms with E-state index < -0.39 is 0 Å². The topological polar surface area (TPSA) is 46.4 Å². The second-order valence-electron chi connectivity index (χ2n) is 1.90.